The van der Waals surface area contributed by atoms with Gasteiger partial charge in [0.15, 0.2) is 0 Å². The summed E-state index contributed by atoms with van der Waals surface area (Å²) in [6.07, 6.45) is 2.83. The molecule has 3 aromatic rings. The predicted molar refractivity (Wildman–Crippen MR) is 155 cm³/mol. The summed E-state index contributed by atoms with van der Waals surface area (Å²) in [4.78, 5) is 25.3. The van der Waals surface area contributed by atoms with Crippen molar-refractivity contribution in [3.8, 4) is 5.75 Å². The number of hydrogen-bond acceptors (Lipinski definition) is 9. The number of amides is 1. The minimum Gasteiger partial charge on any atom is -0.494 e. The largest absolute Gasteiger partial charge is 0.494 e. The van der Waals surface area contributed by atoms with Crippen molar-refractivity contribution in [1.82, 2.24) is 14.9 Å². The molecule has 0 aliphatic heterocycles. The van der Waals surface area contributed by atoms with E-state index in [-0.39, 0.29) is 11.6 Å². The molecule has 0 aliphatic carbocycles. The molecule has 0 unspecified atom stereocenters. The molecule has 0 radical (unpaired) electrons. The van der Waals surface area contributed by atoms with E-state index in [1.165, 1.54) is 6.08 Å². The monoisotopic (exact) mass is 516 g/mol. The van der Waals surface area contributed by atoms with E-state index < -0.39 is 0 Å². The lowest BCUT2D eigenvalue weighted by atomic mass is 10.0. The molecule has 1 aromatic heterocycles. The Bertz CT molecular complexity index is 1290. The molecule has 0 saturated carbocycles. The molecule has 0 fully saturated rings. The van der Waals surface area contributed by atoms with Crippen molar-refractivity contribution in [3.05, 3.63) is 72.6 Å². The molecule has 1 heterocycles. The maximum atomic E-state index is 12.2. The van der Waals surface area contributed by atoms with Crippen molar-refractivity contribution < 1.29 is 9.53 Å². The summed E-state index contributed by atoms with van der Waals surface area (Å²) >= 11 is 0. The van der Waals surface area contributed by atoms with Gasteiger partial charge in [0.1, 0.15) is 5.75 Å². The van der Waals surface area contributed by atoms with Crippen molar-refractivity contribution >= 4 is 40.3 Å². The summed E-state index contributed by atoms with van der Waals surface area (Å²) in [5, 5.41) is 18.1. The van der Waals surface area contributed by atoms with Crippen LogP contribution < -0.4 is 25.6 Å². The maximum absolute atomic E-state index is 12.2. The van der Waals surface area contributed by atoms with Crippen LogP contribution in [0.4, 0.5) is 28.7 Å². The first-order valence-corrected chi connectivity index (χ1v) is 12.3. The number of methoxy groups -OCH3 is 1. The predicted octanol–water partition coefficient (Wildman–Crippen LogP) is 4.20. The molecule has 0 atom stereocenters. The van der Waals surface area contributed by atoms with E-state index in [2.05, 4.69) is 37.4 Å². The Kier molecular flexibility index (Phi) is 9.78. The van der Waals surface area contributed by atoms with Crippen molar-refractivity contribution in [1.29, 1.82) is 5.41 Å². The number of nitrogens with zero attached hydrogens (tertiary/aromatic N) is 4. The summed E-state index contributed by atoms with van der Waals surface area (Å²) in [5.74, 6) is 0.519. The number of para-hydroxylation sites is 1. The molecule has 2 aromatic carbocycles. The Morgan fingerprint density at radius 1 is 1.11 bits per heavy atom. The van der Waals surface area contributed by atoms with Gasteiger partial charge in [0.05, 0.1) is 35.6 Å². The highest BCUT2D eigenvalue weighted by Crippen LogP contribution is 2.38. The van der Waals surface area contributed by atoms with E-state index >= 15 is 0 Å². The fourth-order valence-corrected chi connectivity index (χ4v) is 3.77. The number of carbonyl (C=O) groups excluding carboxylic acids is 1. The third-order valence-electron chi connectivity index (χ3n) is 5.78. The molecule has 0 aliphatic rings. The van der Waals surface area contributed by atoms with Gasteiger partial charge in [-0.1, -0.05) is 24.8 Å². The third kappa shape index (κ3) is 7.07. The van der Waals surface area contributed by atoms with E-state index in [1.807, 2.05) is 63.3 Å². The Morgan fingerprint density at radius 3 is 2.55 bits per heavy atom. The van der Waals surface area contributed by atoms with Crippen LogP contribution in [0.3, 0.4) is 0 Å². The van der Waals surface area contributed by atoms with Crippen LogP contribution >= 0.6 is 0 Å². The van der Waals surface area contributed by atoms with E-state index in [4.69, 9.17) is 10.1 Å². The fraction of sp³-hybridized carbons (Fsp3) is 0.286. The number of hydrogen-bond donors (Lipinski definition) is 4. The van der Waals surface area contributed by atoms with Crippen molar-refractivity contribution in [2.45, 2.75) is 6.92 Å². The Labute approximate surface area is 224 Å². The minimum absolute atomic E-state index is 0.274. The highest BCUT2D eigenvalue weighted by atomic mass is 16.5. The summed E-state index contributed by atoms with van der Waals surface area (Å²) in [6.45, 7) is 7.89. The summed E-state index contributed by atoms with van der Waals surface area (Å²) in [5.41, 5.74) is 4.29. The highest BCUT2D eigenvalue weighted by molar-refractivity contribution is 6.13. The van der Waals surface area contributed by atoms with Crippen LogP contribution in [-0.4, -0.2) is 74.4 Å². The van der Waals surface area contributed by atoms with Gasteiger partial charge in [0.2, 0.25) is 11.9 Å². The number of carbonyl (C=O) groups is 1. The molecule has 4 N–H and O–H groups in total. The number of rotatable bonds is 13. The zero-order chi connectivity index (χ0) is 27.7. The van der Waals surface area contributed by atoms with Crippen LogP contribution in [0.2, 0.25) is 0 Å². The van der Waals surface area contributed by atoms with Gasteiger partial charge in [-0.2, -0.15) is 0 Å². The molecule has 3 rings (SSSR count). The van der Waals surface area contributed by atoms with Gasteiger partial charge < -0.3 is 30.5 Å². The zero-order valence-corrected chi connectivity index (χ0v) is 22.6. The first-order valence-electron chi connectivity index (χ1n) is 12.3. The third-order valence-corrected chi connectivity index (χ3v) is 5.78. The molecular formula is C28H36N8O2. The molecule has 38 heavy (non-hydrogen) atoms. The van der Waals surface area contributed by atoms with E-state index in [9.17, 15) is 4.79 Å². The molecule has 10 heteroatoms. The number of benzene rings is 2. The molecule has 1 amide bonds. The van der Waals surface area contributed by atoms with Crippen molar-refractivity contribution in [2.24, 2.45) is 0 Å². The molecule has 200 valence electrons. The molecule has 0 saturated heterocycles. The second-order valence-electron chi connectivity index (χ2n) is 8.83. The van der Waals surface area contributed by atoms with Crippen LogP contribution in [0.15, 0.2) is 61.3 Å². The fourth-order valence-electron chi connectivity index (χ4n) is 3.77. The maximum Gasteiger partial charge on any atom is 0.247 e. The second-order valence-corrected chi connectivity index (χ2v) is 8.83. The van der Waals surface area contributed by atoms with Gasteiger partial charge in [-0.3, -0.25) is 10.2 Å². The standard InChI is InChI=1S/C28H36N8O2/c1-7-26(37)32-22-17-23(25(38-6)18-24(22)36(5)16-15-35(3)4)34-28-31-14-13-21(33-28)27(29)19-11-9-10-12-20(19)30-8-2/h7,9-14,17-18,29-30H,1,8,15-16H2,2-6H3,(H,32,37)(H,31,33,34). The topological polar surface area (TPSA) is 118 Å². The van der Waals surface area contributed by atoms with Gasteiger partial charge >= 0.3 is 0 Å². The van der Waals surface area contributed by atoms with E-state index in [0.29, 0.717) is 28.8 Å². The second kappa shape index (κ2) is 13.2. The lowest BCUT2D eigenvalue weighted by Crippen LogP contribution is -2.29. The Balaban J connectivity index is 1.96. The van der Waals surface area contributed by atoms with Crippen LogP contribution in [0.1, 0.15) is 18.2 Å². The Hall–Kier alpha value is -4.44. The Morgan fingerprint density at radius 2 is 1.87 bits per heavy atom. The van der Waals surface area contributed by atoms with Crippen LogP contribution in [0, 0.1) is 5.41 Å². The van der Waals surface area contributed by atoms with Crippen LogP contribution in [-0.2, 0) is 4.79 Å². The summed E-state index contributed by atoms with van der Waals surface area (Å²) in [7, 11) is 7.55. The smallest absolute Gasteiger partial charge is 0.247 e. The number of nitrogens with one attached hydrogen (secondary N) is 4. The van der Waals surface area contributed by atoms with Gasteiger partial charge in [-0.05, 0) is 45.3 Å². The van der Waals surface area contributed by atoms with Gasteiger partial charge in [0, 0.05) is 50.2 Å². The minimum atomic E-state index is -0.325. The number of anilines is 5. The average Bonchev–Trinajstić information content (AvgIpc) is 2.92. The average molecular weight is 517 g/mol. The van der Waals surface area contributed by atoms with Crippen molar-refractivity contribution in [2.75, 3.05) is 68.7 Å². The van der Waals surface area contributed by atoms with Crippen LogP contribution in [0.25, 0.3) is 0 Å². The first kappa shape index (κ1) is 28.1. The summed E-state index contributed by atoms with van der Waals surface area (Å²) in [6, 6.07) is 13.0. The van der Waals surface area contributed by atoms with E-state index in [1.54, 1.807) is 25.4 Å². The van der Waals surface area contributed by atoms with Gasteiger partial charge in [0.25, 0.3) is 0 Å². The lowest BCUT2D eigenvalue weighted by molar-refractivity contribution is -0.111. The van der Waals surface area contributed by atoms with Gasteiger partial charge in [-0.15, -0.1) is 0 Å². The molecule has 10 nitrogen and oxygen atoms in total. The lowest BCUT2D eigenvalue weighted by Gasteiger charge is -2.26. The normalized spacial score (nSPS) is 10.6. The first-order chi connectivity index (χ1) is 18.3. The number of likely N-dealkylation sites (N-methyl/N-ethyl adjacent to an activating group) is 2. The molecular weight excluding hydrogens is 480 g/mol. The molecule has 0 spiro atoms. The van der Waals surface area contributed by atoms with Crippen molar-refractivity contribution in [3.63, 3.8) is 0 Å². The number of ether oxygens (including phenoxy) is 1. The zero-order valence-electron chi connectivity index (χ0n) is 22.6. The highest BCUT2D eigenvalue weighted by Gasteiger charge is 2.17. The van der Waals surface area contributed by atoms with Crippen LogP contribution in [0.5, 0.6) is 5.75 Å². The number of aromatic nitrogens is 2. The molecule has 0 bridgehead atoms. The van der Waals surface area contributed by atoms with Gasteiger partial charge in [-0.25, -0.2) is 9.97 Å². The summed E-state index contributed by atoms with van der Waals surface area (Å²) < 4.78 is 5.67. The quantitative estimate of drug-likeness (QED) is 0.197. The van der Waals surface area contributed by atoms with E-state index in [0.717, 1.165) is 36.6 Å². The SMILES string of the molecule is C=CC(=O)Nc1cc(Nc2nccc(C(=N)c3ccccc3NCC)n2)c(OC)cc1N(C)CCN(C)C.